The molecule has 1 rings (SSSR count). The first kappa shape index (κ1) is 17.3. The number of hydrogen-bond donors (Lipinski definition) is 2. The Morgan fingerprint density at radius 2 is 1.86 bits per heavy atom. The predicted octanol–water partition coefficient (Wildman–Crippen LogP) is 1.37. The topological polar surface area (TPSA) is 95.9 Å². The molecule has 0 aliphatic carbocycles. The molecule has 3 atom stereocenters. The zero-order chi connectivity index (χ0) is 16.0. The van der Waals surface area contributed by atoms with Gasteiger partial charge >= 0.3 is 18.0 Å². The molecular weight excluding hydrogens is 276 g/mol. The Bertz CT molecular complexity index is 389. The second-order valence-electron chi connectivity index (χ2n) is 5.49. The Hall–Kier alpha value is -1.79. The summed E-state index contributed by atoms with van der Waals surface area (Å²) in [5, 5.41) is 11.7. The van der Waals surface area contributed by atoms with E-state index in [0.29, 0.717) is 0 Å². The SMILES string of the molecule is COC(=O)CC[C@H](NC(=O)N1C(C)CCCC1C)C(=O)O. The van der Waals surface area contributed by atoms with Crippen molar-refractivity contribution in [3.63, 3.8) is 0 Å². The van der Waals surface area contributed by atoms with Crippen LogP contribution in [0.25, 0.3) is 0 Å². The number of rotatable bonds is 5. The van der Waals surface area contributed by atoms with Gasteiger partial charge in [0.15, 0.2) is 0 Å². The highest BCUT2D eigenvalue weighted by molar-refractivity contribution is 5.83. The number of hydrogen-bond acceptors (Lipinski definition) is 4. The van der Waals surface area contributed by atoms with Crippen LogP contribution in [-0.2, 0) is 14.3 Å². The summed E-state index contributed by atoms with van der Waals surface area (Å²) in [6, 6.07) is -1.29. The van der Waals surface area contributed by atoms with Crippen LogP contribution in [0.2, 0.25) is 0 Å². The normalized spacial score (nSPS) is 23.3. The largest absolute Gasteiger partial charge is 0.480 e. The molecule has 0 radical (unpaired) electrons. The Balaban J connectivity index is 2.63. The number of urea groups is 1. The molecule has 7 heteroatoms. The summed E-state index contributed by atoms with van der Waals surface area (Å²) in [4.78, 5) is 36.3. The smallest absolute Gasteiger partial charge is 0.326 e. The molecule has 21 heavy (non-hydrogen) atoms. The number of methoxy groups -OCH3 is 1. The van der Waals surface area contributed by atoms with Crippen molar-refractivity contribution < 1.29 is 24.2 Å². The molecule has 2 N–H and O–H groups in total. The summed E-state index contributed by atoms with van der Waals surface area (Å²) >= 11 is 0. The second-order valence-corrected chi connectivity index (χ2v) is 5.49. The van der Waals surface area contributed by atoms with E-state index in [2.05, 4.69) is 10.1 Å². The zero-order valence-electron chi connectivity index (χ0n) is 12.8. The number of ether oxygens (including phenoxy) is 1. The van der Waals surface area contributed by atoms with Gasteiger partial charge in [0.2, 0.25) is 0 Å². The average molecular weight is 300 g/mol. The van der Waals surface area contributed by atoms with Crippen molar-refractivity contribution in [2.45, 2.75) is 64.1 Å². The Morgan fingerprint density at radius 1 is 1.29 bits per heavy atom. The standard InChI is InChI=1S/C14H24N2O5/c1-9-5-4-6-10(2)16(9)14(20)15-11(13(18)19)7-8-12(17)21-3/h9-11H,4-8H2,1-3H3,(H,15,20)(H,18,19)/t9?,10?,11-/m0/s1. The van der Waals surface area contributed by atoms with Gasteiger partial charge in [0, 0.05) is 18.5 Å². The minimum Gasteiger partial charge on any atom is -0.480 e. The molecule has 0 spiro atoms. The Labute approximate surface area is 124 Å². The van der Waals surface area contributed by atoms with Crippen LogP contribution in [-0.4, -0.2) is 53.2 Å². The van der Waals surface area contributed by atoms with Gasteiger partial charge in [-0.1, -0.05) is 0 Å². The first-order valence-electron chi connectivity index (χ1n) is 7.25. The van der Waals surface area contributed by atoms with Crippen LogP contribution < -0.4 is 5.32 Å². The highest BCUT2D eigenvalue weighted by atomic mass is 16.5. The number of carboxylic acid groups (broad SMARTS) is 1. The van der Waals surface area contributed by atoms with E-state index >= 15 is 0 Å². The van der Waals surface area contributed by atoms with Crippen LogP contribution in [0.4, 0.5) is 4.79 Å². The lowest BCUT2D eigenvalue weighted by Gasteiger charge is -2.39. The van der Waals surface area contributed by atoms with E-state index in [4.69, 9.17) is 5.11 Å². The van der Waals surface area contributed by atoms with Gasteiger partial charge in [0.1, 0.15) is 6.04 Å². The van der Waals surface area contributed by atoms with Gasteiger partial charge in [0.25, 0.3) is 0 Å². The van der Waals surface area contributed by atoms with Crippen molar-refractivity contribution in [3.8, 4) is 0 Å². The molecule has 1 aliphatic rings. The fraction of sp³-hybridized carbons (Fsp3) is 0.786. The molecule has 0 aromatic heterocycles. The number of carboxylic acids is 1. The number of esters is 1. The van der Waals surface area contributed by atoms with Gasteiger partial charge < -0.3 is 20.1 Å². The van der Waals surface area contributed by atoms with Crippen LogP contribution in [0.15, 0.2) is 0 Å². The molecule has 0 aromatic carbocycles. The summed E-state index contributed by atoms with van der Waals surface area (Å²) in [5.74, 6) is -1.64. The fourth-order valence-corrected chi connectivity index (χ4v) is 2.67. The van der Waals surface area contributed by atoms with Gasteiger partial charge in [-0.05, 0) is 39.5 Å². The number of aliphatic carboxylic acids is 1. The third-order valence-electron chi connectivity index (χ3n) is 3.89. The lowest BCUT2D eigenvalue weighted by Crippen LogP contribution is -2.55. The van der Waals surface area contributed by atoms with Crippen LogP contribution in [0.5, 0.6) is 0 Å². The summed E-state index contributed by atoms with van der Waals surface area (Å²) in [5.41, 5.74) is 0. The molecule has 2 amide bonds. The molecular formula is C14H24N2O5. The van der Waals surface area contributed by atoms with Gasteiger partial charge in [-0.25, -0.2) is 9.59 Å². The highest BCUT2D eigenvalue weighted by Gasteiger charge is 2.31. The molecule has 2 unspecified atom stereocenters. The molecule has 1 heterocycles. The van der Waals surface area contributed by atoms with Crippen LogP contribution >= 0.6 is 0 Å². The van der Waals surface area contributed by atoms with Crippen molar-refractivity contribution in [2.24, 2.45) is 0 Å². The zero-order valence-corrected chi connectivity index (χ0v) is 12.8. The third kappa shape index (κ3) is 4.91. The molecule has 0 aromatic rings. The minimum absolute atomic E-state index is 0.0182. The maximum absolute atomic E-state index is 12.3. The Morgan fingerprint density at radius 3 is 2.33 bits per heavy atom. The lowest BCUT2D eigenvalue weighted by atomic mass is 9.98. The molecule has 0 bridgehead atoms. The number of amides is 2. The van der Waals surface area contributed by atoms with Gasteiger partial charge in [0.05, 0.1) is 7.11 Å². The van der Waals surface area contributed by atoms with E-state index in [1.165, 1.54) is 7.11 Å². The van der Waals surface area contributed by atoms with E-state index in [1.807, 2.05) is 13.8 Å². The van der Waals surface area contributed by atoms with E-state index in [1.54, 1.807) is 4.90 Å². The lowest BCUT2D eigenvalue weighted by molar-refractivity contribution is -0.142. The number of likely N-dealkylation sites (tertiary alicyclic amines) is 1. The fourth-order valence-electron chi connectivity index (χ4n) is 2.67. The van der Waals surface area contributed by atoms with E-state index in [9.17, 15) is 14.4 Å². The van der Waals surface area contributed by atoms with Crippen molar-refractivity contribution in [3.05, 3.63) is 0 Å². The van der Waals surface area contributed by atoms with Gasteiger partial charge in [-0.2, -0.15) is 0 Å². The molecule has 1 fully saturated rings. The van der Waals surface area contributed by atoms with Gasteiger partial charge in [-0.15, -0.1) is 0 Å². The number of carbonyl (C=O) groups excluding carboxylic acids is 2. The summed E-state index contributed by atoms with van der Waals surface area (Å²) < 4.78 is 4.48. The molecule has 1 aliphatic heterocycles. The number of piperidine rings is 1. The molecule has 120 valence electrons. The predicted molar refractivity (Wildman–Crippen MR) is 75.8 cm³/mol. The minimum atomic E-state index is -1.15. The van der Waals surface area contributed by atoms with E-state index in [0.717, 1.165) is 19.3 Å². The number of nitrogens with zero attached hydrogens (tertiary/aromatic N) is 1. The molecule has 0 saturated carbocycles. The average Bonchev–Trinajstić information content (AvgIpc) is 2.42. The molecule has 7 nitrogen and oxygen atoms in total. The monoisotopic (exact) mass is 300 g/mol. The molecule has 1 saturated heterocycles. The van der Waals surface area contributed by atoms with E-state index in [-0.39, 0.29) is 31.0 Å². The van der Waals surface area contributed by atoms with Crippen molar-refractivity contribution in [2.75, 3.05) is 7.11 Å². The van der Waals surface area contributed by atoms with Crippen LogP contribution in [0.1, 0.15) is 46.0 Å². The van der Waals surface area contributed by atoms with E-state index < -0.39 is 18.0 Å². The van der Waals surface area contributed by atoms with Crippen molar-refractivity contribution >= 4 is 18.0 Å². The Kier molecular flexibility index (Phi) is 6.45. The summed E-state index contributed by atoms with van der Waals surface area (Å²) in [6.45, 7) is 3.92. The summed E-state index contributed by atoms with van der Waals surface area (Å²) in [7, 11) is 1.24. The number of carbonyl (C=O) groups is 3. The second kappa shape index (κ2) is 7.85. The summed E-state index contributed by atoms with van der Waals surface area (Å²) in [6.07, 6.45) is 2.87. The maximum Gasteiger partial charge on any atom is 0.326 e. The maximum atomic E-state index is 12.3. The van der Waals surface area contributed by atoms with Crippen molar-refractivity contribution in [1.82, 2.24) is 10.2 Å². The third-order valence-corrected chi connectivity index (χ3v) is 3.89. The highest BCUT2D eigenvalue weighted by Crippen LogP contribution is 2.22. The first-order chi connectivity index (χ1) is 9.86. The number of nitrogens with one attached hydrogen (secondary N) is 1. The van der Waals surface area contributed by atoms with Crippen LogP contribution in [0.3, 0.4) is 0 Å². The quantitative estimate of drug-likeness (QED) is 0.747. The van der Waals surface area contributed by atoms with Gasteiger partial charge in [-0.3, -0.25) is 4.79 Å². The van der Waals surface area contributed by atoms with Crippen molar-refractivity contribution in [1.29, 1.82) is 0 Å². The van der Waals surface area contributed by atoms with Crippen LogP contribution in [0, 0.1) is 0 Å². The first-order valence-corrected chi connectivity index (χ1v) is 7.25.